The Bertz CT molecular complexity index is 109. The third kappa shape index (κ3) is 0.662. The predicted octanol–water partition coefficient (Wildman–Crippen LogP) is 1.62. The average Bonchev–Trinajstić information content (AvgIpc) is 2.44. The van der Waals surface area contributed by atoms with Gasteiger partial charge in [0.1, 0.15) is 6.29 Å². The van der Waals surface area contributed by atoms with Crippen LogP contribution in [0.1, 0.15) is 26.7 Å². The summed E-state index contributed by atoms with van der Waals surface area (Å²) in [6.45, 7) is 4.32. The summed E-state index contributed by atoms with van der Waals surface area (Å²) in [5, 5.41) is 0. The third-order valence-electron chi connectivity index (χ3n) is 2.39. The van der Waals surface area contributed by atoms with E-state index in [1.807, 2.05) is 0 Å². The van der Waals surface area contributed by atoms with Crippen molar-refractivity contribution in [2.75, 3.05) is 0 Å². The summed E-state index contributed by atoms with van der Waals surface area (Å²) in [5.41, 5.74) is 0.391. The van der Waals surface area contributed by atoms with Gasteiger partial charge in [-0.2, -0.15) is 0 Å². The van der Waals surface area contributed by atoms with Gasteiger partial charge in [0.25, 0.3) is 0 Å². The van der Waals surface area contributed by atoms with Crippen molar-refractivity contribution in [3.8, 4) is 0 Å². The standard InChI is InChI=1S/C7H12O/c1-3-7(2)4-6(7)5-8/h5-6H,3-4H2,1-2H3/t6-,7-/m1/s1. The maximum Gasteiger partial charge on any atom is 0.123 e. The molecule has 1 heteroatoms. The van der Waals surface area contributed by atoms with Crippen molar-refractivity contribution < 1.29 is 4.79 Å². The fourth-order valence-corrected chi connectivity index (χ4v) is 1.06. The van der Waals surface area contributed by atoms with E-state index < -0.39 is 0 Å². The minimum atomic E-state index is 0.382. The van der Waals surface area contributed by atoms with Crippen LogP contribution in [-0.2, 0) is 4.79 Å². The average molecular weight is 112 g/mol. The van der Waals surface area contributed by atoms with Crippen molar-refractivity contribution in [3.05, 3.63) is 0 Å². The molecule has 0 aliphatic heterocycles. The molecule has 46 valence electrons. The third-order valence-corrected chi connectivity index (χ3v) is 2.39. The van der Waals surface area contributed by atoms with Crippen LogP contribution in [0.5, 0.6) is 0 Å². The van der Waals surface area contributed by atoms with Crippen molar-refractivity contribution in [2.24, 2.45) is 11.3 Å². The van der Waals surface area contributed by atoms with E-state index in [0.717, 1.165) is 19.1 Å². The maximum atomic E-state index is 10.1. The van der Waals surface area contributed by atoms with Crippen molar-refractivity contribution in [3.63, 3.8) is 0 Å². The molecule has 0 radical (unpaired) electrons. The summed E-state index contributed by atoms with van der Waals surface area (Å²) in [6.07, 6.45) is 3.35. The molecule has 0 aromatic carbocycles. The smallest absolute Gasteiger partial charge is 0.123 e. The first-order chi connectivity index (χ1) is 3.73. The van der Waals surface area contributed by atoms with E-state index in [9.17, 15) is 4.79 Å². The predicted molar refractivity (Wildman–Crippen MR) is 32.6 cm³/mol. The molecular formula is C7H12O. The van der Waals surface area contributed by atoms with Gasteiger partial charge in [0, 0.05) is 5.92 Å². The molecule has 0 amide bonds. The number of carbonyl (C=O) groups is 1. The molecule has 1 rings (SSSR count). The molecule has 1 nitrogen and oxygen atoms in total. The lowest BCUT2D eigenvalue weighted by Crippen LogP contribution is -1.94. The van der Waals surface area contributed by atoms with E-state index in [4.69, 9.17) is 0 Å². The van der Waals surface area contributed by atoms with Crippen LogP contribution >= 0.6 is 0 Å². The van der Waals surface area contributed by atoms with Crippen molar-refractivity contribution in [1.29, 1.82) is 0 Å². The van der Waals surface area contributed by atoms with Gasteiger partial charge in [-0.05, 0) is 11.8 Å². The Morgan fingerprint density at radius 3 is 2.62 bits per heavy atom. The number of hydrogen-bond donors (Lipinski definition) is 0. The topological polar surface area (TPSA) is 17.1 Å². The highest BCUT2D eigenvalue weighted by Gasteiger charge is 2.47. The summed E-state index contributed by atoms with van der Waals surface area (Å²) in [7, 11) is 0. The summed E-state index contributed by atoms with van der Waals surface area (Å²) in [5.74, 6) is 0.382. The molecule has 0 N–H and O–H groups in total. The molecule has 0 unspecified atom stereocenters. The van der Waals surface area contributed by atoms with Crippen LogP contribution in [-0.4, -0.2) is 6.29 Å². The molecule has 0 heterocycles. The molecule has 0 bridgehead atoms. The second-order valence-corrected chi connectivity index (χ2v) is 2.95. The van der Waals surface area contributed by atoms with E-state index in [1.54, 1.807) is 0 Å². The van der Waals surface area contributed by atoms with Crippen LogP contribution in [0, 0.1) is 11.3 Å². The Morgan fingerprint density at radius 2 is 2.50 bits per heavy atom. The first-order valence-electron chi connectivity index (χ1n) is 3.18. The zero-order valence-corrected chi connectivity index (χ0v) is 5.48. The van der Waals surface area contributed by atoms with E-state index >= 15 is 0 Å². The fraction of sp³-hybridized carbons (Fsp3) is 0.857. The fourth-order valence-electron chi connectivity index (χ4n) is 1.06. The Morgan fingerprint density at radius 1 is 1.88 bits per heavy atom. The Labute approximate surface area is 50.1 Å². The zero-order valence-electron chi connectivity index (χ0n) is 5.48. The van der Waals surface area contributed by atoms with Gasteiger partial charge in [0.05, 0.1) is 0 Å². The van der Waals surface area contributed by atoms with Crippen LogP contribution in [0.2, 0.25) is 0 Å². The lowest BCUT2D eigenvalue weighted by molar-refractivity contribution is -0.109. The minimum absolute atomic E-state index is 0.382. The summed E-state index contributed by atoms with van der Waals surface area (Å²) in [4.78, 5) is 10.1. The zero-order chi connectivity index (χ0) is 6.20. The van der Waals surface area contributed by atoms with Gasteiger partial charge < -0.3 is 4.79 Å². The normalized spacial score (nSPS) is 44.0. The molecule has 0 spiro atoms. The first-order valence-corrected chi connectivity index (χ1v) is 3.18. The highest BCUT2D eigenvalue weighted by molar-refractivity contribution is 5.59. The van der Waals surface area contributed by atoms with Gasteiger partial charge in [-0.15, -0.1) is 0 Å². The van der Waals surface area contributed by atoms with Crippen LogP contribution in [0.25, 0.3) is 0 Å². The Hall–Kier alpha value is -0.330. The largest absolute Gasteiger partial charge is 0.303 e. The van der Waals surface area contributed by atoms with Crippen LogP contribution in [0.4, 0.5) is 0 Å². The van der Waals surface area contributed by atoms with Gasteiger partial charge in [-0.25, -0.2) is 0 Å². The van der Waals surface area contributed by atoms with Gasteiger partial charge >= 0.3 is 0 Å². The van der Waals surface area contributed by atoms with Crippen molar-refractivity contribution >= 4 is 6.29 Å². The number of aldehydes is 1. The molecule has 1 aliphatic carbocycles. The monoisotopic (exact) mass is 112 g/mol. The van der Waals surface area contributed by atoms with Gasteiger partial charge in [0.2, 0.25) is 0 Å². The second-order valence-electron chi connectivity index (χ2n) is 2.95. The van der Waals surface area contributed by atoms with Crippen molar-refractivity contribution in [2.45, 2.75) is 26.7 Å². The molecule has 1 fully saturated rings. The quantitative estimate of drug-likeness (QED) is 0.496. The number of rotatable bonds is 2. The molecule has 1 saturated carbocycles. The van der Waals surface area contributed by atoms with E-state index in [0.29, 0.717) is 11.3 Å². The summed E-state index contributed by atoms with van der Waals surface area (Å²) in [6, 6.07) is 0. The molecule has 8 heavy (non-hydrogen) atoms. The molecule has 0 aromatic rings. The van der Waals surface area contributed by atoms with E-state index in [-0.39, 0.29) is 0 Å². The van der Waals surface area contributed by atoms with Crippen LogP contribution < -0.4 is 0 Å². The molecule has 0 aromatic heterocycles. The summed E-state index contributed by atoms with van der Waals surface area (Å²) >= 11 is 0. The molecule has 0 saturated heterocycles. The SMILES string of the molecule is CC[C@]1(C)C[C@@H]1C=O. The van der Waals surface area contributed by atoms with E-state index in [1.165, 1.54) is 0 Å². The second kappa shape index (κ2) is 1.57. The maximum absolute atomic E-state index is 10.1. The Kier molecular flexibility index (Phi) is 1.14. The van der Waals surface area contributed by atoms with Gasteiger partial charge in [0.15, 0.2) is 0 Å². The van der Waals surface area contributed by atoms with Gasteiger partial charge in [-0.1, -0.05) is 20.3 Å². The Balaban J connectivity index is 2.42. The molecule has 1 aliphatic rings. The molecular weight excluding hydrogens is 100 g/mol. The highest BCUT2D eigenvalue weighted by atomic mass is 16.1. The van der Waals surface area contributed by atoms with Crippen LogP contribution in [0.3, 0.4) is 0 Å². The highest BCUT2D eigenvalue weighted by Crippen LogP contribution is 2.53. The van der Waals surface area contributed by atoms with Gasteiger partial charge in [-0.3, -0.25) is 0 Å². The van der Waals surface area contributed by atoms with Crippen molar-refractivity contribution in [1.82, 2.24) is 0 Å². The lowest BCUT2D eigenvalue weighted by atomic mass is 10.0. The van der Waals surface area contributed by atoms with E-state index in [2.05, 4.69) is 13.8 Å². The number of hydrogen-bond acceptors (Lipinski definition) is 1. The number of carbonyl (C=O) groups excluding carboxylic acids is 1. The molecule has 2 atom stereocenters. The first kappa shape index (κ1) is 5.80. The summed E-state index contributed by atoms with van der Waals surface area (Å²) < 4.78 is 0. The lowest BCUT2D eigenvalue weighted by Gasteiger charge is -2.00. The van der Waals surface area contributed by atoms with Crippen LogP contribution in [0.15, 0.2) is 0 Å². The minimum Gasteiger partial charge on any atom is -0.303 e.